The van der Waals surface area contributed by atoms with Crippen LogP contribution in [0.3, 0.4) is 0 Å². The molecule has 58 valence electrons. The first-order valence-electron chi connectivity index (χ1n) is 3.31. The molecule has 0 saturated carbocycles. The summed E-state index contributed by atoms with van der Waals surface area (Å²) >= 11 is 0. The van der Waals surface area contributed by atoms with E-state index in [1.807, 2.05) is 13.8 Å². The van der Waals surface area contributed by atoms with Crippen molar-refractivity contribution in [2.75, 3.05) is 13.7 Å². The van der Waals surface area contributed by atoms with Gasteiger partial charge in [0.1, 0.15) is 6.61 Å². The van der Waals surface area contributed by atoms with Crippen LogP contribution in [0, 0.1) is 12.3 Å². The third-order valence-corrected chi connectivity index (χ3v) is 1.53. The third-order valence-electron chi connectivity index (χ3n) is 1.53. The monoisotopic (exact) mass is 142 g/mol. The van der Waals surface area contributed by atoms with Crippen LogP contribution in [0.2, 0.25) is 0 Å². The second kappa shape index (κ2) is 4.32. The minimum atomic E-state index is -0.508. The minimum absolute atomic E-state index is 0.304. The molecule has 0 heterocycles. The van der Waals surface area contributed by atoms with Crippen LogP contribution < -0.4 is 0 Å². The lowest BCUT2D eigenvalue weighted by Crippen LogP contribution is -2.30. The second-order valence-corrected chi connectivity index (χ2v) is 2.18. The van der Waals surface area contributed by atoms with E-state index in [-0.39, 0.29) is 0 Å². The van der Waals surface area contributed by atoms with Crippen LogP contribution in [0.5, 0.6) is 0 Å². The number of ether oxygens (including phenoxy) is 2. The van der Waals surface area contributed by atoms with Crippen LogP contribution in [0.15, 0.2) is 0 Å². The number of hydrogen-bond donors (Lipinski definition) is 0. The van der Waals surface area contributed by atoms with E-state index in [0.717, 1.165) is 6.42 Å². The van der Waals surface area contributed by atoms with E-state index in [1.54, 1.807) is 7.11 Å². The Kier molecular flexibility index (Phi) is 4.10. The Labute approximate surface area is 62.5 Å². The summed E-state index contributed by atoms with van der Waals surface area (Å²) in [7, 11) is 1.61. The Bertz CT molecular complexity index is 120. The van der Waals surface area contributed by atoms with Crippen molar-refractivity contribution < 1.29 is 9.47 Å². The Morgan fingerprint density at radius 1 is 1.60 bits per heavy atom. The van der Waals surface area contributed by atoms with Crippen LogP contribution in [-0.2, 0) is 9.47 Å². The van der Waals surface area contributed by atoms with E-state index >= 15 is 0 Å². The molecule has 2 nitrogen and oxygen atoms in total. The molecule has 0 aromatic rings. The molecule has 10 heavy (non-hydrogen) atoms. The van der Waals surface area contributed by atoms with Crippen molar-refractivity contribution >= 4 is 0 Å². The van der Waals surface area contributed by atoms with Crippen molar-refractivity contribution in [3.05, 3.63) is 0 Å². The summed E-state index contributed by atoms with van der Waals surface area (Å²) < 4.78 is 10.3. The predicted molar refractivity (Wildman–Crippen MR) is 40.5 cm³/mol. The smallest absolute Gasteiger partial charge is 0.166 e. The van der Waals surface area contributed by atoms with Crippen LogP contribution in [0.25, 0.3) is 0 Å². The van der Waals surface area contributed by atoms with Gasteiger partial charge in [0, 0.05) is 7.11 Å². The zero-order chi connectivity index (χ0) is 8.04. The summed E-state index contributed by atoms with van der Waals surface area (Å²) in [5.41, 5.74) is 0. The molecule has 2 heteroatoms. The van der Waals surface area contributed by atoms with Gasteiger partial charge in [-0.2, -0.15) is 0 Å². The highest BCUT2D eigenvalue weighted by atomic mass is 16.7. The molecule has 0 rings (SSSR count). The van der Waals surface area contributed by atoms with Crippen LogP contribution >= 0.6 is 0 Å². The Hall–Kier alpha value is -0.520. The Morgan fingerprint density at radius 2 is 2.20 bits per heavy atom. The molecule has 1 unspecified atom stereocenters. The zero-order valence-corrected chi connectivity index (χ0v) is 6.81. The van der Waals surface area contributed by atoms with Crippen LogP contribution in [-0.4, -0.2) is 19.5 Å². The van der Waals surface area contributed by atoms with Gasteiger partial charge in [-0.3, -0.25) is 0 Å². The van der Waals surface area contributed by atoms with E-state index < -0.39 is 5.79 Å². The molecule has 0 aliphatic carbocycles. The van der Waals surface area contributed by atoms with Crippen molar-refractivity contribution in [3.63, 3.8) is 0 Å². The fourth-order valence-electron chi connectivity index (χ4n) is 0.500. The van der Waals surface area contributed by atoms with Crippen molar-refractivity contribution in [1.82, 2.24) is 0 Å². The van der Waals surface area contributed by atoms with Crippen LogP contribution in [0.4, 0.5) is 0 Å². The molecule has 0 fully saturated rings. The maximum atomic E-state index is 5.22. The fraction of sp³-hybridized carbons (Fsp3) is 0.750. The van der Waals surface area contributed by atoms with Gasteiger partial charge in [0.15, 0.2) is 5.79 Å². The molecule has 0 spiro atoms. The molecule has 0 saturated heterocycles. The summed E-state index contributed by atoms with van der Waals surface area (Å²) in [5.74, 6) is 1.88. The quantitative estimate of drug-likeness (QED) is 0.436. The lowest BCUT2D eigenvalue weighted by atomic mass is 10.2. The summed E-state index contributed by atoms with van der Waals surface area (Å²) in [6.45, 7) is 4.16. The first kappa shape index (κ1) is 9.48. The summed E-state index contributed by atoms with van der Waals surface area (Å²) in [6.07, 6.45) is 5.81. The van der Waals surface area contributed by atoms with Gasteiger partial charge in [-0.05, 0) is 13.3 Å². The fourth-order valence-corrected chi connectivity index (χ4v) is 0.500. The molecule has 0 aromatic carbocycles. The average Bonchev–Trinajstić information content (AvgIpc) is 2.00. The van der Waals surface area contributed by atoms with E-state index in [2.05, 4.69) is 5.92 Å². The molecule has 0 aliphatic rings. The lowest BCUT2D eigenvalue weighted by Gasteiger charge is -2.25. The van der Waals surface area contributed by atoms with Gasteiger partial charge in [0.2, 0.25) is 0 Å². The second-order valence-electron chi connectivity index (χ2n) is 2.18. The van der Waals surface area contributed by atoms with E-state index in [4.69, 9.17) is 15.9 Å². The van der Waals surface area contributed by atoms with Gasteiger partial charge in [-0.15, -0.1) is 6.42 Å². The molecule has 0 aromatic heterocycles. The number of terminal acetylenes is 1. The molecule has 0 bridgehead atoms. The normalized spacial score (nSPS) is 15.8. The van der Waals surface area contributed by atoms with Crippen LogP contribution in [0.1, 0.15) is 20.3 Å². The highest BCUT2D eigenvalue weighted by Gasteiger charge is 2.20. The number of hydrogen-bond acceptors (Lipinski definition) is 2. The minimum Gasteiger partial charge on any atom is -0.353 e. The van der Waals surface area contributed by atoms with Gasteiger partial charge in [-0.1, -0.05) is 12.8 Å². The van der Waals surface area contributed by atoms with Crippen molar-refractivity contribution in [2.24, 2.45) is 0 Å². The van der Waals surface area contributed by atoms with Gasteiger partial charge in [-0.25, -0.2) is 0 Å². The first-order chi connectivity index (χ1) is 4.68. The van der Waals surface area contributed by atoms with Gasteiger partial charge < -0.3 is 9.47 Å². The predicted octanol–water partition coefficient (Wildman–Crippen LogP) is 1.41. The zero-order valence-electron chi connectivity index (χ0n) is 6.81. The maximum Gasteiger partial charge on any atom is 0.166 e. The third kappa shape index (κ3) is 2.86. The molecule has 0 radical (unpaired) electrons. The van der Waals surface area contributed by atoms with E-state index in [0.29, 0.717) is 6.61 Å². The standard InChI is InChI=1S/C8H14O2/c1-5-7-10-8(3,6-2)9-4/h1H,6-7H2,2-4H3. The van der Waals surface area contributed by atoms with E-state index in [9.17, 15) is 0 Å². The van der Waals surface area contributed by atoms with Gasteiger partial charge in [0.05, 0.1) is 0 Å². The molecule has 0 amide bonds. The molecule has 0 N–H and O–H groups in total. The molecule has 0 aliphatic heterocycles. The maximum absolute atomic E-state index is 5.22. The van der Waals surface area contributed by atoms with Crippen molar-refractivity contribution in [1.29, 1.82) is 0 Å². The highest BCUT2D eigenvalue weighted by molar-refractivity contribution is 4.84. The van der Waals surface area contributed by atoms with Crippen molar-refractivity contribution in [2.45, 2.75) is 26.1 Å². The van der Waals surface area contributed by atoms with Gasteiger partial charge >= 0.3 is 0 Å². The first-order valence-corrected chi connectivity index (χ1v) is 3.31. The topological polar surface area (TPSA) is 18.5 Å². The van der Waals surface area contributed by atoms with Crippen molar-refractivity contribution in [3.8, 4) is 12.3 Å². The summed E-state index contributed by atoms with van der Waals surface area (Å²) in [6, 6.07) is 0. The lowest BCUT2D eigenvalue weighted by molar-refractivity contribution is -0.203. The number of methoxy groups -OCH3 is 1. The SMILES string of the molecule is C#CCOC(C)(CC)OC. The largest absolute Gasteiger partial charge is 0.353 e. The van der Waals surface area contributed by atoms with Gasteiger partial charge in [0.25, 0.3) is 0 Å². The Balaban J connectivity index is 3.71. The molecule has 1 atom stereocenters. The molecular formula is C8H14O2. The summed E-state index contributed by atoms with van der Waals surface area (Å²) in [4.78, 5) is 0. The summed E-state index contributed by atoms with van der Waals surface area (Å²) in [5, 5.41) is 0. The average molecular weight is 142 g/mol. The molecular weight excluding hydrogens is 128 g/mol. The Morgan fingerprint density at radius 3 is 2.50 bits per heavy atom. The van der Waals surface area contributed by atoms with E-state index in [1.165, 1.54) is 0 Å². The number of rotatable bonds is 4. The highest BCUT2D eigenvalue weighted by Crippen LogP contribution is 2.14.